The van der Waals surface area contributed by atoms with E-state index in [-0.39, 0.29) is 30.2 Å². The molecule has 7 heteroatoms. The first kappa shape index (κ1) is 18.9. The van der Waals surface area contributed by atoms with Gasteiger partial charge < -0.3 is 10.6 Å². The van der Waals surface area contributed by atoms with Crippen LogP contribution in [0.1, 0.15) is 22.0 Å². The predicted octanol–water partition coefficient (Wildman–Crippen LogP) is 3.56. The zero-order valence-electron chi connectivity index (χ0n) is 14.1. The number of amides is 1. The SMILES string of the molecule is Cl.NC[C@@H]1CN(C(=O)c2n[nH]c3ccc(Br)cc23)C[C@H]1c1ccccc1. The second-order valence-corrected chi connectivity index (χ2v) is 7.40. The molecule has 136 valence electrons. The summed E-state index contributed by atoms with van der Waals surface area (Å²) in [5.74, 6) is 0.497. The van der Waals surface area contributed by atoms with E-state index in [0.717, 1.165) is 15.4 Å². The van der Waals surface area contributed by atoms with Crippen LogP contribution >= 0.6 is 28.3 Å². The molecule has 2 heterocycles. The Labute approximate surface area is 166 Å². The molecule has 0 saturated carbocycles. The molecule has 0 spiro atoms. The lowest BCUT2D eigenvalue weighted by atomic mass is 9.89. The Hall–Kier alpha value is -1.89. The number of nitrogens with two attached hydrogens (primary N) is 1. The van der Waals surface area contributed by atoms with Crippen LogP contribution in [-0.2, 0) is 0 Å². The van der Waals surface area contributed by atoms with Crippen molar-refractivity contribution in [2.75, 3.05) is 19.6 Å². The number of hydrogen-bond acceptors (Lipinski definition) is 3. The van der Waals surface area contributed by atoms with Gasteiger partial charge in [-0.25, -0.2) is 0 Å². The summed E-state index contributed by atoms with van der Waals surface area (Å²) in [7, 11) is 0. The summed E-state index contributed by atoms with van der Waals surface area (Å²) in [6.07, 6.45) is 0. The van der Waals surface area contributed by atoms with Crippen LogP contribution < -0.4 is 5.73 Å². The average Bonchev–Trinajstić information content (AvgIpc) is 3.25. The number of aromatic amines is 1. The molecule has 4 rings (SSSR count). The first-order chi connectivity index (χ1) is 12.2. The third kappa shape index (κ3) is 3.37. The predicted molar refractivity (Wildman–Crippen MR) is 109 cm³/mol. The van der Waals surface area contributed by atoms with Gasteiger partial charge in [0.15, 0.2) is 5.69 Å². The quantitative estimate of drug-likeness (QED) is 0.660. The molecule has 1 aliphatic rings. The smallest absolute Gasteiger partial charge is 0.275 e. The van der Waals surface area contributed by atoms with E-state index >= 15 is 0 Å². The minimum atomic E-state index is -0.0405. The second-order valence-electron chi connectivity index (χ2n) is 6.49. The van der Waals surface area contributed by atoms with E-state index in [1.165, 1.54) is 5.56 Å². The largest absolute Gasteiger partial charge is 0.336 e. The van der Waals surface area contributed by atoms with E-state index in [1.54, 1.807) is 0 Å². The highest BCUT2D eigenvalue weighted by Crippen LogP contribution is 2.33. The van der Waals surface area contributed by atoms with E-state index in [0.29, 0.717) is 25.3 Å². The number of fused-ring (bicyclic) bond motifs is 1. The molecule has 3 aromatic rings. The van der Waals surface area contributed by atoms with E-state index in [1.807, 2.05) is 41.3 Å². The lowest BCUT2D eigenvalue weighted by Crippen LogP contribution is -2.30. The number of benzene rings is 2. The first-order valence-corrected chi connectivity index (χ1v) is 9.14. The van der Waals surface area contributed by atoms with Crippen molar-refractivity contribution in [3.05, 3.63) is 64.3 Å². The Morgan fingerprint density at radius 3 is 2.73 bits per heavy atom. The lowest BCUT2D eigenvalue weighted by molar-refractivity contribution is 0.0782. The van der Waals surface area contributed by atoms with Gasteiger partial charge in [0.25, 0.3) is 5.91 Å². The molecule has 1 fully saturated rings. The maximum atomic E-state index is 13.1. The summed E-state index contributed by atoms with van der Waals surface area (Å²) in [6.45, 7) is 1.90. The van der Waals surface area contributed by atoms with Crippen LogP contribution in [-0.4, -0.2) is 40.6 Å². The lowest BCUT2D eigenvalue weighted by Gasteiger charge is -2.16. The van der Waals surface area contributed by atoms with Crippen LogP contribution in [0.3, 0.4) is 0 Å². The second kappa shape index (κ2) is 7.78. The normalized spacial score (nSPS) is 19.5. The summed E-state index contributed by atoms with van der Waals surface area (Å²) in [5, 5.41) is 8.05. The number of rotatable bonds is 3. The summed E-state index contributed by atoms with van der Waals surface area (Å²) < 4.78 is 0.930. The molecule has 2 aromatic carbocycles. The first-order valence-electron chi connectivity index (χ1n) is 8.35. The van der Waals surface area contributed by atoms with Gasteiger partial charge in [0.1, 0.15) is 0 Å². The van der Waals surface area contributed by atoms with Crippen molar-refractivity contribution in [2.24, 2.45) is 11.7 Å². The van der Waals surface area contributed by atoms with Crippen molar-refractivity contribution in [1.82, 2.24) is 15.1 Å². The van der Waals surface area contributed by atoms with Crippen LogP contribution in [0.4, 0.5) is 0 Å². The monoisotopic (exact) mass is 434 g/mol. The van der Waals surface area contributed by atoms with Gasteiger partial charge in [0, 0.05) is 28.9 Å². The molecule has 0 aliphatic carbocycles. The van der Waals surface area contributed by atoms with Crippen molar-refractivity contribution in [1.29, 1.82) is 0 Å². The molecule has 3 N–H and O–H groups in total. The minimum absolute atomic E-state index is 0. The van der Waals surface area contributed by atoms with Crippen molar-refractivity contribution >= 4 is 45.1 Å². The maximum absolute atomic E-state index is 13.1. The fourth-order valence-electron chi connectivity index (χ4n) is 3.65. The number of hydrogen-bond donors (Lipinski definition) is 2. The third-order valence-electron chi connectivity index (χ3n) is 4.99. The Morgan fingerprint density at radius 1 is 1.23 bits per heavy atom. The van der Waals surface area contributed by atoms with Gasteiger partial charge in [-0.1, -0.05) is 46.3 Å². The molecular weight excluding hydrogens is 416 g/mol. The number of carbonyl (C=O) groups is 1. The van der Waals surface area contributed by atoms with Crippen molar-refractivity contribution in [2.45, 2.75) is 5.92 Å². The fraction of sp³-hybridized carbons (Fsp3) is 0.263. The number of carbonyl (C=O) groups excluding carboxylic acids is 1. The summed E-state index contributed by atoms with van der Waals surface area (Å²) >= 11 is 3.46. The highest BCUT2D eigenvalue weighted by Gasteiger charge is 2.36. The molecule has 1 amide bonds. The van der Waals surface area contributed by atoms with Crippen molar-refractivity contribution < 1.29 is 4.79 Å². The number of likely N-dealkylation sites (tertiary alicyclic amines) is 1. The maximum Gasteiger partial charge on any atom is 0.275 e. The van der Waals surface area contributed by atoms with Crippen LogP contribution in [0.5, 0.6) is 0 Å². The van der Waals surface area contributed by atoms with Gasteiger partial charge >= 0.3 is 0 Å². The van der Waals surface area contributed by atoms with E-state index in [9.17, 15) is 4.79 Å². The molecular formula is C19H20BrClN4O. The van der Waals surface area contributed by atoms with Gasteiger partial charge in [-0.2, -0.15) is 5.10 Å². The van der Waals surface area contributed by atoms with Crippen LogP contribution in [0.15, 0.2) is 53.0 Å². The van der Waals surface area contributed by atoms with Crippen molar-refractivity contribution in [3.8, 4) is 0 Å². The van der Waals surface area contributed by atoms with E-state index in [2.05, 4.69) is 38.3 Å². The molecule has 1 aliphatic heterocycles. The number of nitrogens with one attached hydrogen (secondary N) is 1. The highest BCUT2D eigenvalue weighted by atomic mass is 79.9. The van der Waals surface area contributed by atoms with Gasteiger partial charge in [-0.15, -0.1) is 12.4 Å². The van der Waals surface area contributed by atoms with Crippen LogP contribution in [0.25, 0.3) is 10.9 Å². The zero-order chi connectivity index (χ0) is 17.4. The fourth-order valence-corrected chi connectivity index (χ4v) is 4.01. The Bertz CT molecular complexity index is 914. The van der Waals surface area contributed by atoms with Crippen LogP contribution in [0.2, 0.25) is 0 Å². The molecule has 2 atom stereocenters. The average molecular weight is 436 g/mol. The Kier molecular flexibility index (Phi) is 5.65. The molecule has 0 unspecified atom stereocenters. The zero-order valence-corrected chi connectivity index (χ0v) is 16.5. The molecule has 26 heavy (non-hydrogen) atoms. The van der Waals surface area contributed by atoms with Gasteiger partial charge in [0.2, 0.25) is 0 Å². The number of nitrogens with zero attached hydrogens (tertiary/aromatic N) is 2. The van der Waals surface area contributed by atoms with Gasteiger partial charge in [0.05, 0.1) is 5.52 Å². The van der Waals surface area contributed by atoms with Gasteiger partial charge in [-0.3, -0.25) is 9.89 Å². The van der Waals surface area contributed by atoms with Crippen molar-refractivity contribution in [3.63, 3.8) is 0 Å². The molecule has 5 nitrogen and oxygen atoms in total. The van der Waals surface area contributed by atoms with E-state index < -0.39 is 0 Å². The van der Waals surface area contributed by atoms with Gasteiger partial charge in [-0.05, 0) is 36.2 Å². The van der Waals surface area contributed by atoms with E-state index in [4.69, 9.17) is 5.73 Å². The topological polar surface area (TPSA) is 75.0 Å². The molecule has 0 bridgehead atoms. The standard InChI is InChI=1S/C19H19BrN4O.ClH/c20-14-6-7-17-15(8-14)18(23-22-17)19(25)24-10-13(9-21)16(11-24)12-4-2-1-3-5-12;/h1-8,13,16H,9-11,21H2,(H,22,23);1H/t13-,16+;/m1./s1. The molecule has 1 aromatic heterocycles. The number of halogens is 2. The number of H-pyrrole nitrogens is 1. The third-order valence-corrected chi connectivity index (χ3v) is 5.48. The Morgan fingerprint density at radius 2 is 2.00 bits per heavy atom. The summed E-state index contributed by atoms with van der Waals surface area (Å²) in [6, 6.07) is 16.1. The molecule has 1 saturated heterocycles. The summed E-state index contributed by atoms with van der Waals surface area (Å²) in [4.78, 5) is 14.9. The molecule has 0 radical (unpaired) electrons. The summed E-state index contributed by atoms with van der Waals surface area (Å²) in [5.41, 5.74) is 8.56. The highest BCUT2D eigenvalue weighted by molar-refractivity contribution is 9.10. The van der Waals surface area contributed by atoms with Crippen LogP contribution in [0, 0.1) is 5.92 Å². The minimum Gasteiger partial charge on any atom is -0.336 e. The number of aromatic nitrogens is 2. The Balaban J connectivity index is 0.00000196.